The lowest BCUT2D eigenvalue weighted by molar-refractivity contribution is 0.175. The summed E-state index contributed by atoms with van der Waals surface area (Å²) in [4.78, 5) is 0. The molecule has 20 heavy (non-hydrogen) atoms. The van der Waals surface area contributed by atoms with Gasteiger partial charge in [0.25, 0.3) is 0 Å². The SMILES string of the molecule is COCCN(CC(C)C)S(=O)(=O)Cc1ccc(N)cc1. The first-order valence-electron chi connectivity index (χ1n) is 6.66. The molecule has 0 saturated carbocycles. The van der Waals surface area contributed by atoms with Gasteiger partial charge in [-0.1, -0.05) is 26.0 Å². The molecule has 0 fully saturated rings. The summed E-state index contributed by atoms with van der Waals surface area (Å²) in [5.41, 5.74) is 6.98. The summed E-state index contributed by atoms with van der Waals surface area (Å²) in [6.45, 7) is 5.28. The number of rotatable bonds is 8. The highest BCUT2D eigenvalue weighted by atomic mass is 32.2. The fourth-order valence-corrected chi connectivity index (χ4v) is 3.53. The Morgan fingerprint density at radius 2 is 1.85 bits per heavy atom. The lowest BCUT2D eigenvalue weighted by Crippen LogP contribution is -2.37. The fraction of sp³-hybridized carbons (Fsp3) is 0.571. The van der Waals surface area contributed by atoms with Gasteiger partial charge >= 0.3 is 0 Å². The molecule has 0 saturated heterocycles. The maximum Gasteiger partial charge on any atom is 0.218 e. The molecule has 0 aliphatic heterocycles. The van der Waals surface area contributed by atoms with Crippen LogP contribution >= 0.6 is 0 Å². The van der Waals surface area contributed by atoms with Gasteiger partial charge in [0.15, 0.2) is 0 Å². The topological polar surface area (TPSA) is 72.6 Å². The Labute approximate surface area is 121 Å². The van der Waals surface area contributed by atoms with E-state index >= 15 is 0 Å². The third-order valence-corrected chi connectivity index (χ3v) is 4.65. The van der Waals surface area contributed by atoms with Crippen molar-refractivity contribution in [2.75, 3.05) is 32.5 Å². The summed E-state index contributed by atoms with van der Waals surface area (Å²) in [5.74, 6) is 0.261. The molecule has 0 bridgehead atoms. The lowest BCUT2D eigenvalue weighted by Gasteiger charge is -2.23. The number of anilines is 1. The Morgan fingerprint density at radius 1 is 1.25 bits per heavy atom. The maximum atomic E-state index is 12.5. The first-order chi connectivity index (χ1) is 9.35. The van der Waals surface area contributed by atoms with Crippen LogP contribution in [0.25, 0.3) is 0 Å². The zero-order valence-electron chi connectivity index (χ0n) is 12.4. The van der Waals surface area contributed by atoms with Crippen LogP contribution in [0.2, 0.25) is 0 Å². The van der Waals surface area contributed by atoms with Crippen LogP contribution in [-0.4, -0.2) is 39.5 Å². The van der Waals surface area contributed by atoms with Crippen LogP contribution in [0.4, 0.5) is 5.69 Å². The van der Waals surface area contributed by atoms with E-state index in [4.69, 9.17) is 10.5 Å². The molecule has 0 atom stereocenters. The van der Waals surface area contributed by atoms with E-state index in [-0.39, 0.29) is 11.7 Å². The van der Waals surface area contributed by atoms with Crippen molar-refractivity contribution in [1.82, 2.24) is 4.31 Å². The molecule has 0 aliphatic rings. The zero-order chi connectivity index (χ0) is 15.2. The number of sulfonamides is 1. The van der Waals surface area contributed by atoms with Crippen molar-refractivity contribution >= 4 is 15.7 Å². The average Bonchev–Trinajstić information content (AvgIpc) is 2.36. The molecule has 6 heteroatoms. The molecule has 1 aromatic rings. The zero-order valence-corrected chi connectivity index (χ0v) is 13.2. The first-order valence-corrected chi connectivity index (χ1v) is 8.27. The molecular weight excluding hydrogens is 276 g/mol. The van der Waals surface area contributed by atoms with E-state index in [1.54, 1.807) is 31.4 Å². The van der Waals surface area contributed by atoms with Crippen molar-refractivity contribution in [3.05, 3.63) is 29.8 Å². The van der Waals surface area contributed by atoms with Crippen LogP contribution in [0, 0.1) is 5.92 Å². The summed E-state index contributed by atoms with van der Waals surface area (Å²) < 4.78 is 31.4. The number of benzene rings is 1. The van der Waals surface area contributed by atoms with Crippen LogP contribution in [-0.2, 0) is 20.5 Å². The highest BCUT2D eigenvalue weighted by molar-refractivity contribution is 7.88. The van der Waals surface area contributed by atoms with Crippen molar-refractivity contribution in [2.45, 2.75) is 19.6 Å². The largest absolute Gasteiger partial charge is 0.399 e. The number of ether oxygens (including phenoxy) is 1. The third-order valence-electron chi connectivity index (χ3n) is 2.84. The van der Waals surface area contributed by atoms with E-state index < -0.39 is 10.0 Å². The van der Waals surface area contributed by atoms with E-state index in [1.807, 2.05) is 13.8 Å². The number of nitrogens with two attached hydrogens (primary N) is 1. The van der Waals surface area contributed by atoms with Crippen LogP contribution < -0.4 is 5.73 Å². The molecule has 114 valence electrons. The van der Waals surface area contributed by atoms with Crippen molar-refractivity contribution in [1.29, 1.82) is 0 Å². The molecule has 1 aromatic carbocycles. The quantitative estimate of drug-likeness (QED) is 0.742. The van der Waals surface area contributed by atoms with Crippen LogP contribution in [0.3, 0.4) is 0 Å². The van der Waals surface area contributed by atoms with E-state index in [2.05, 4.69) is 0 Å². The molecular formula is C14H24N2O3S. The highest BCUT2D eigenvalue weighted by Gasteiger charge is 2.23. The number of methoxy groups -OCH3 is 1. The summed E-state index contributed by atoms with van der Waals surface area (Å²) >= 11 is 0. The monoisotopic (exact) mass is 300 g/mol. The molecule has 0 amide bonds. The van der Waals surface area contributed by atoms with Crippen LogP contribution in [0.5, 0.6) is 0 Å². The van der Waals surface area contributed by atoms with Gasteiger partial charge in [-0.3, -0.25) is 0 Å². The number of nitrogen functional groups attached to an aromatic ring is 1. The molecule has 0 aliphatic carbocycles. The number of hydrogen-bond donors (Lipinski definition) is 1. The molecule has 0 spiro atoms. The normalized spacial score (nSPS) is 12.2. The molecule has 0 unspecified atom stereocenters. The minimum atomic E-state index is -3.34. The Balaban J connectivity index is 2.83. The Kier molecular flexibility index (Phi) is 6.45. The maximum absolute atomic E-state index is 12.5. The van der Waals surface area contributed by atoms with Gasteiger partial charge in [0.2, 0.25) is 10.0 Å². The predicted molar refractivity (Wildman–Crippen MR) is 81.8 cm³/mol. The smallest absolute Gasteiger partial charge is 0.218 e. The van der Waals surface area contributed by atoms with Crippen molar-refractivity contribution in [2.24, 2.45) is 5.92 Å². The third kappa shape index (κ3) is 5.48. The van der Waals surface area contributed by atoms with Crippen LogP contribution in [0.15, 0.2) is 24.3 Å². The Morgan fingerprint density at radius 3 is 2.35 bits per heavy atom. The highest BCUT2D eigenvalue weighted by Crippen LogP contribution is 2.14. The van der Waals surface area contributed by atoms with Crippen molar-refractivity contribution < 1.29 is 13.2 Å². The molecule has 0 radical (unpaired) electrons. The van der Waals surface area contributed by atoms with Gasteiger partial charge < -0.3 is 10.5 Å². The van der Waals surface area contributed by atoms with Gasteiger partial charge in [-0.15, -0.1) is 0 Å². The first kappa shape index (κ1) is 16.9. The lowest BCUT2D eigenvalue weighted by atomic mass is 10.2. The van der Waals surface area contributed by atoms with Gasteiger partial charge in [-0.05, 0) is 23.6 Å². The van der Waals surface area contributed by atoms with Gasteiger partial charge in [0, 0.05) is 25.9 Å². The van der Waals surface area contributed by atoms with Crippen LogP contribution in [0.1, 0.15) is 19.4 Å². The van der Waals surface area contributed by atoms with E-state index in [0.717, 1.165) is 5.56 Å². The van der Waals surface area contributed by atoms with Gasteiger partial charge in [-0.2, -0.15) is 4.31 Å². The number of nitrogens with zero attached hydrogens (tertiary/aromatic N) is 1. The van der Waals surface area contributed by atoms with Crippen molar-refractivity contribution in [3.63, 3.8) is 0 Å². The number of hydrogen-bond acceptors (Lipinski definition) is 4. The summed E-state index contributed by atoms with van der Waals surface area (Å²) in [6.07, 6.45) is 0. The summed E-state index contributed by atoms with van der Waals surface area (Å²) in [6, 6.07) is 6.92. The van der Waals surface area contributed by atoms with Crippen molar-refractivity contribution in [3.8, 4) is 0 Å². The minimum Gasteiger partial charge on any atom is -0.399 e. The molecule has 5 nitrogen and oxygen atoms in total. The standard InChI is InChI=1S/C14H24N2O3S/c1-12(2)10-16(8-9-19-3)20(17,18)11-13-4-6-14(15)7-5-13/h4-7,12H,8-11,15H2,1-3H3. The predicted octanol–water partition coefficient (Wildman–Crippen LogP) is 1.70. The van der Waals surface area contributed by atoms with E-state index in [9.17, 15) is 8.42 Å². The summed E-state index contributed by atoms with van der Waals surface area (Å²) in [7, 11) is -1.77. The van der Waals surface area contributed by atoms with Gasteiger partial charge in [0.05, 0.1) is 12.4 Å². The molecule has 1 rings (SSSR count). The van der Waals surface area contributed by atoms with Gasteiger partial charge in [-0.25, -0.2) is 8.42 Å². The average molecular weight is 300 g/mol. The molecule has 2 N–H and O–H groups in total. The Bertz CT molecular complexity index is 498. The van der Waals surface area contributed by atoms with E-state index in [0.29, 0.717) is 25.4 Å². The second kappa shape index (κ2) is 7.61. The second-order valence-corrected chi connectivity index (χ2v) is 7.21. The summed E-state index contributed by atoms with van der Waals surface area (Å²) in [5, 5.41) is 0. The fourth-order valence-electron chi connectivity index (χ4n) is 1.86. The van der Waals surface area contributed by atoms with E-state index in [1.165, 1.54) is 4.31 Å². The Hall–Kier alpha value is -1.11. The second-order valence-electron chi connectivity index (χ2n) is 5.24. The molecule has 0 heterocycles. The molecule has 0 aromatic heterocycles. The van der Waals surface area contributed by atoms with Gasteiger partial charge in [0.1, 0.15) is 0 Å². The minimum absolute atomic E-state index is 0.0102.